The van der Waals surface area contributed by atoms with Crippen molar-refractivity contribution in [3.63, 3.8) is 0 Å². The minimum atomic E-state index is -1.05. The van der Waals surface area contributed by atoms with Gasteiger partial charge in [-0.1, -0.05) is 20.8 Å². The predicted molar refractivity (Wildman–Crippen MR) is 59.3 cm³/mol. The number of rotatable bonds is 3. The summed E-state index contributed by atoms with van der Waals surface area (Å²) >= 11 is 0. The molecule has 0 saturated heterocycles. The van der Waals surface area contributed by atoms with Crippen molar-refractivity contribution in [1.29, 1.82) is 0 Å². The molecule has 0 saturated carbocycles. The van der Waals surface area contributed by atoms with Crippen LogP contribution in [0.5, 0.6) is 0 Å². The first-order valence-electron chi connectivity index (χ1n) is 5.05. The van der Waals surface area contributed by atoms with Gasteiger partial charge in [-0.2, -0.15) is 0 Å². The van der Waals surface area contributed by atoms with Crippen molar-refractivity contribution >= 4 is 5.97 Å². The van der Waals surface area contributed by atoms with E-state index < -0.39 is 5.97 Å². The third-order valence-corrected chi connectivity index (χ3v) is 1.95. The van der Waals surface area contributed by atoms with Crippen molar-refractivity contribution in [3.05, 3.63) is 28.4 Å². The molecule has 88 valence electrons. The van der Waals surface area contributed by atoms with Crippen LogP contribution in [0.25, 0.3) is 0 Å². The van der Waals surface area contributed by atoms with Crippen molar-refractivity contribution in [2.45, 2.75) is 33.7 Å². The van der Waals surface area contributed by atoms with E-state index in [9.17, 15) is 9.59 Å². The van der Waals surface area contributed by atoms with Gasteiger partial charge < -0.3 is 5.11 Å². The molecule has 0 fully saturated rings. The van der Waals surface area contributed by atoms with Crippen LogP contribution in [0.2, 0.25) is 0 Å². The molecule has 16 heavy (non-hydrogen) atoms. The normalized spacial score (nSPS) is 11.4. The fourth-order valence-corrected chi connectivity index (χ4v) is 1.37. The Labute approximate surface area is 93.8 Å². The maximum atomic E-state index is 11.5. The van der Waals surface area contributed by atoms with E-state index in [0.717, 1.165) is 4.57 Å². The Morgan fingerprint density at radius 1 is 1.50 bits per heavy atom. The van der Waals surface area contributed by atoms with Gasteiger partial charge in [0.1, 0.15) is 6.54 Å². The smallest absolute Gasteiger partial charge is 0.323 e. The zero-order valence-electron chi connectivity index (χ0n) is 9.73. The molecule has 0 aliphatic heterocycles. The van der Waals surface area contributed by atoms with E-state index in [1.54, 1.807) is 0 Å². The summed E-state index contributed by atoms with van der Waals surface area (Å²) in [7, 11) is 0. The number of nitrogens with zero attached hydrogens (tertiary/aromatic N) is 2. The second kappa shape index (κ2) is 4.47. The van der Waals surface area contributed by atoms with Gasteiger partial charge in [-0.3, -0.25) is 14.2 Å². The number of carbonyl (C=O) groups is 1. The van der Waals surface area contributed by atoms with Crippen LogP contribution < -0.4 is 5.56 Å². The predicted octanol–water partition coefficient (Wildman–Crippen LogP) is 0.917. The number of aromatic nitrogens is 2. The van der Waals surface area contributed by atoms with E-state index in [-0.39, 0.29) is 17.5 Å². The maximum Gasteiger partial charge on any atom is 0.323 e. The molecule has 1 N–H and O–H groups in total. The Bertz CT molecular complexity index is 443. The Hall–Kier alpha value is -1.65. The van der Waals surface area contributed by atoms with Gasteiger partial charge in [-0.15, -0.1) is 0 Å². The van der Waals surface area contributed by atoms with E-state index in [0.29, 0.717) is 12.1 Å². The van der Waals surface area contributed by atoms with E-state index in [1.807, 2.05) is 0 Å². The molecule has 1 rings (SSSR count). The summed E-state index contributed by atoms with van der Waals surface area (Å²) in [6, 6.07) is 1.40. The number of hydrogen-bond acceptors (Lipinski definition) is 3. The van der Waals surface area contributed by atoms with Gasteiger partial charge in [0, 0.05) is 11.8 Å². The zero-order chi connectivity index (χ0) is 12.3. The standard InChI is InChI=1S/C11H16N2O3/c1-11(2,3)5-8-4-9(14)13(7-12-8)6-10(15)16/h4,7H,5-6H2,1-3H3,(H,15,16). The van der Waals surface area contributed by atoms with Gasteiger partial charge in [-0.25, -0.2) is 4.98 Å². The van der Waals surface area contributed by atoms with Crippen molar-refractivity contribution in [2.24, 2.45) is 5.41 Å². The molecule has 0 spiro atoms. The highest BCUT2D eigenvalue weighted by Gasteiger charge is 2.13. The van der Waals surface area contributed by atoms with Crippen molar-refractivity contribution in [2.75, 3.05) is 0 Å². The van der Waals surface area contributed by atoms with Gasteiger partial charge in [0.05, 0.1) is 6.33 Å². The highest BCUT2D eigenvalue weighted by molar-refractivity contribution is 5.66. The molecular formula is C11H16N2O3. The van der Waals surface area contributed by atoms with Gasteiger partial charge in [0.2, 0.25) is 0 Å². The SMILES string of the molecule is CC(C)(C)Cc1cc(=O)n(CC(=O)O)cn1. The van der Waals surface area contributed by atoms with Gasteiger partial charge >= 0.3 is 5.97 Å². The van der Waals surface area contributed by atoms with Crippen LogP contribution in [0.1, 0.15) is 26.5 Å². The van der Waals surface area contributed by atoms with Crippen LogP contribution in [0.15, 0.2) is 17.2 Å². The Kier molecular flexibility index (Phi) is 3.47. The van der Waals surface area contributed by atoms with Crippen LogP contribution in [0, 0.1) is 5.41 Å². The molecule has 5 heteroatoms. The van der Waals surface area contributed by atoms with Crippen LogP contribution in [-0.4, -0.2) is 20.6 Å². The summed E-state index contributed by atoms with van der Waals surface area (Å²) in [6.07, 6.45) is 1.98. The van der Waals surface area contributed by atoms with Crippen LogP contribution in [0.4, 0.5) is 0 Å². The van der Waals surface area contributed by atoms with E-state index in [4.69, 9.17) is 5.11 Å². The molecule has 0 amide bonds. The molecule has 5 nitrogen and oxygen atoms in total. The second-order valence-corrected chi connectivity index (χ2v) is 4.98. The summed E-state index contributed by atoms with van der Waals surface area (Å²) in [5.74, 6) is -1.05. The summed E-state index contributed by atoms with van der Waals surface area (Å²) in [5.41, 5.74) is 0.425. The molecule has 0 aromatic carbocycles. The van der Waals surface area contributed by atoms with Gasteiger partial charge in [-0.05, 0) is 11.8 Å². The summed E-state index contributed by atoms with van der Waals surface area (Å²) in [4.78, 5) is 26.0. The second-order valence-electron chi connectivity index (χ2n) is 4.98. The number of carboxylic acids is 1. The molecule has 0 atom stereocenters. The van der Waals surface area contributed by atoms with Gasteiger partial charge in [0.15, 0.2) is 0 Å². The average Bonchev–Trinajstić information content (AvgIpc) is 2.06. The van der Waals surface area contributed by atoms with Crippen LogP contribution in [0.3, 0.4) is 0 Å². The zero-order valence-corrected chi connectivity index (χ0v) is 9.73. The fourth-order valence-electron chi connectivity index (χ4n) is 1.37. The summed E-state index contributed by atoms with van der Waals surface area (Å²) in [6.45, 7) is 5.81. The Morgan fingerprint density at radius 2 is 2.12 bits per heavy atom. The lowest BCUT2D eigenvalue weighted by atomic mass is 9.90. The minimum absolute atomic E-state index is 0.0540. The van der Waals surface area contributed by atoms with E-state index in [1.165, 1.54) is 12.4 Å². The Balaban J connectivity index is 2.91. The Morgan fingerprint density at radius 3 is 2.56 bits per heavy atom. The molecule has 1 heterocycles. The number of aliphatic carboxylic acids is 1. The van der Waals surface area contributed by atoms with E-state index >= 15 is 0 Å². The summed E-state index contributed by atoms with van der Waals surface area (Å²) < 4.78 is 1.08. The lowest BCUT2D eigenvalue weighted by Crippen LogP contribution is -2.25. The summed E-state index contributed by atoms with van der Waals surface area (Å²) in [5, 5.41) is 8.56. The lowest BCUT2D eigenvalue weighted by molar-refractivity contribution is -0.137. The first kappa shape index (κ1) is 12.4. The molecular weight excluding hydrogens is 208 g/mol. The molecule has 1 aromatic heterocycles. The minimum Gasteiger partial charge on any atom is -0.480 e. The molecule has 0 radical (unpaired) electrons. The first-order chi connectivity index (χ1) is 7.28. The largest absolute Gasteiger partial charge is 0.480 e. The van der Waals surface area contributed by atoms with E-state index in [2.05, 4.69) is 25.8 Å². The number of hydrogen-bond donors (Lipinski definition) is 1. The molecule has 0 bridgehead atoms. The number of carboxylic acid groups (broad SMARTS) is 1. The average molecular weight is 224 g/mol. The molecule has 0 aliphatic rings. The van der Waals surface area contributed by atoms with Crippen LogP contribution in [-0.2, 0) is 17.8 Å². The molecule has 0 unspecified atom stereocenters. The highest BCUT2D eigenvalue weighted by atomic mass is 16.4. The highest BCUT2D eigenvalue weighted by Crippen LogP contribution is 2.17. The molecule has 1 aromatic rings. The van der Waals surface area contributed by atoms with Crippen molar-refractivity contribution in [3.8, 4) is 0 Å². The quantitative estimate of drug-likeness (QED) is 0.828. The molecule has 0 aliphatic carbocycles. The van der Waals surface area contributed by atoms with Gasteiger partial charge in [0.25, 0.3) is 5.56 Å². The maximum absolute atomic E-state index is 11.5. The third-order valence-electron chi connectivity index (χ3n) is 1.95. The topological polar surface area (TPSA) is 72.2 Å². The van der Waals surface area contributed by atoms with Crippen molar-refractivity contribution < 1.29 is 9.90 Å². The monoisotopic (exact) mass is 224 g/mol. The fraction of sp³-hybridized carbons (Fsp3) is 0.545. The first-order valence-corrected chi connectivity index (χ1v) is 5.05. The van der Waals surface area contributed by atoms with Crippen LogP contribution >= 0.6 is 0 Å². The third kappa shape index (κ3) is 3.84. The lowest BCUT2D eigenvalue weighted by Gasteiger charge is -2.17. The van der Waals surface area contributed by atoms with Crippen molar-refractivity contribution in [1.82, 2.24) is 9.55 Å².